The lowest BCUT2D eigenvalue weighted by atomic mass is 10.0. The van der Waals surface area contributed by atoms with Gasteiger partial charge in [-0.25, -0.2) is 0 Å². The molecule has 3 aliphatic rings. The number of hydrogen-bond donors (Lipinski definition) is 1. The van der Waals surface area contributed by atoms with Crippen LogP contribution in [0.15, 0.2) is 0 Å². The molecule has 0 aromatic heterocycles. The van der Waals surface area contributed by atoms with Crippen molar-refractivity contribution in [1.29, 1.82) is 0 Å². The van der Waals surface area contributed by atoms with E-state index in [9.17, 15) is 0 Å². The fourth-order valence-electron chi connectivity index (χ4n) is 3.78. The lowest BCUT2D eigenvalue weighted by molar-refractivity contribution is 0.139. The van der Waals surface area contributed by atoms with Crippen LogP contribution in [-0.2, 0) is 0 Å². The lowest BCUT2D eigenvalue weighted by Crippen LogP contribution is -2.49. The second-order valence-corrected chi connectivity index (χ2v) is 6.29. The van der Waals surface area contributed by atoms with Crippen LogP contribution in [0.2, 0.25) is 0 Å². The number of likely N-dealkylation sites (N-methyl/N-ethyl adjacent to an activating group) is 1. The maximum Gasteiger partial charge on any atom is 0.0238 e. The average Bonchev–Trinajstić information content (AvgIpc) is 3.13. The molecule has 3 atom stereocenters. The van der Waals surface area contributed by atoms with Gasteiger partial charge < -0.3 is 5.32 Å². The van der Waals surface area contributed by atoms with Crippen LogP contribution in [0.25, 0.3) is 0 Å². The van der Waals surface area contributed by atoms with Crippen LogP contribution in [0.4, 0.5) is 0 Å². The van der Waals surface area contributed by atoms with Crippen molar-refractivity contribution in [3.05, 3.63) is 0 Å². The minimum atomic E-state index is 0.731. The van der Waals surface area contributed by atoms with E-state index in [2.05, 4.69) is 29.1 Å². The summed E-state index contributed by atoms with van der Waals surface area (Å²) in [5.41, 5.74) is 0. The van der Waals surface area contributed by atoms with E-state index >= 15 is 0 Å². The topological polar surface area (TPSA) is 18.5 Å². The number of likely N-dealkylation sites (tertiary alicyclic amines) is 2. The predicted octanol–water partition coefficient (Wildman–Crippen LogP) is 1.30. The van der Waals surface area contributed by atoms with Gasteiger partial charge in [-0.1, -0.05) is 0 Å². The zero-order valence-corrected chi connectivity index (χ0v) is 11.4. The fraction of sp³-hybridized carbons (Fsp3) is 1.00. The Hall–Kier alpha value is -0.120. The largest absolute Gasteiger partial charge is 0.316 e. The third-order valence-electron chi connectivity index (χ3n) is 4.99. The van der Waals surface area contributed by atoms with Gasteiger partial charge in [-0.15, -0.1) is 0 Å². The highest BCUT2D eigenvalue weighted by atomic mass is 15.3. The quantitative estimate of drug-likeness (QED) is 0.798. The molecular weight excluding hydrogens is 210 g/mol. The molecule has 3 fully saturated rings. The molecule has 0 spiro atoms. The van der Waals surface area contributed by atoms with Crippen LogP contribution in [0.3, 0.4) is 0 Å². The number of hydrogen-bond acceptors (Lipinski definition) is 3. The van der Waals surface area contributed by atoms with Crippen molar-refractivity contribution in [2.75, 3.05) is 26.7 Å². The van der Waals surface area contributed by atoms with Gasteiger partial charge in [-0.05, 0) is 52.6 Å². The Labute approximate surface area is 106 Å². The van der Waals surface area contributed by atoms with E-state index in [1.165, 1.54) is 51.7 Å². The number of piperidine rings is 1. The van der Waals surface area contributed by atoms with Crippen LogP contribution in [-0.4, -0.2) is 60.6 Å². The maximum atomic E-state index is 3.46. The second kappa shape index (κ2) is 4.87. The minimum absolute atomic E-state index is 0.731. The summed E-state index contributed by atoms with van der Waals surface area (Å²) in [7, 11) is 2.11. The summed E-state index contributed by atoms with van der Waals surface area (Å²) in [5, 5.41) is 3.46. The molecule has 0 aromatic rings. The van der Waals surface area contributed by atoms with Gasteiger partial charge in [0.2, 0.25) is 0 Å². The monoisotopic (exact) mass is 237 g/mol. The Morgan fingerprint density at radius 1 is 1.06 bits per heavy atom. The summed E-state index contributed by atoms with van der Waals surface area (Å²) in [6, 6.07) is 3.33. The molecular formula is C14H27N3. The summed E-state index contributed by atoms with van der Waals surface area (Å²) in [6.45, 7) is 6.36. The van der Waals surface area contributed by atoms with E-state index in [4.69, 9.17) is 0 Å². The van der Waals surface area contributed by atoms with Crippen molar-refractivity contribution in [1.82, 2.24) is 15.1 Å². The molecule has 0 radical (unpaired) electrons. The van der Waals surface area contributed by atoms with E-state index in [1.807, 2.05) is 0 Å². The Morgan fingerprint density at radius 2 is 1.88 bits per heavy atom. The highest BCUT2D eigenvalue weighted by Crippen LogP contribution is 2.35. The van der Waals surface area contributed by atoms with E-state index < -0.39 is 0 Å². The van der Waals surface area contributed by atoms with Crippen LogP contribution in [0.5, 0.6) is 0 Å². The normalized spacial score (nSPS) is 40.9. The first kappa shape index (κ1) is 11.9. The minimum Gasteiger partial charge on any atom is -0.316 e. The zero-order chi connectivity index (χ0) is 11.8. The Morgan fingerprint density at radius 3 is 2.59 bits per heavy atom. The molecule has 0 aromatic carbocycles. The smallest absolute Gasteiger partial charge is 0.0238 e. The molecule has 2 heterocycles. The summed E-state index contributed by atoms with van der Waals surface area (Å²) in [6.07, 6.45) is 7.04. The first-order chi connectivity index (χ1) is 8.28. The number of rotatable bonds is 3. The summed E-state index contributed by atoms with van der Waals surface area (Å²) in [5.74, 6) is 0. The van der Waals surface area contributed by atoms with Crippen molar-refractivity contribution in [3.8, 4) is 0 Å². The molecule has 17 heavy (non-hydrogen) atoms. The van der Waals surface area contributed by atoms with E-state index in [1.54, 1.807) is 0 Å². The van der Waals surface area contributed by atoms with Gasteiger partial charge in [0.05, 0.1) is 0 Å². The molecule has 1 aliphatic carbocycles. The van der Waals surface area contributed by atoms with Crippen molar-refractivity contribution in [3.63, 3.8) is 0 Å². The molecule has 98 valence electrons. The molecule has 3 unspecified atom stereocenters. The SMILES string of the molecule is CNC1CCCN(C2CC(C)N(C3CC3)C2)C1. The summed E-state index contributed by atoms with van der Waals surface area (Å²) in [4.78, 5) is 5.52. The third kappa shape index (κ3) is 2.51. The van der Waals surface area contributed by atoms with Gasteiger partial charge in [0.1, 0.15) is 0 Å². The van der Waals surface area contributed by atoms with Crippen molar-refractivity contribution >= 4 is 0 Å². The first-order valence-electron chi connectivity index (χ1n) is 7.45. The van der Waals surface area contributed by atoms with E-state index in [0.717, 1.165) is 24.2 Å². The van der Waals surface area contributed by atoms with Gasteiger partial charge in [-0.2, -0.15) is 0 Å². The summed E-state index contributed by atoms with van der Waals surface area (Å²) >= 11 is 0. The third-order valence-corrected chi connectivity index (χ3v) is 4.99. The molecule has 1 saturated carbocycles. The fourth-order valence-corrected chi connectivity index (χ4v) is 3.78. The number of nitrogens with one attached hydrogen (secondary N) is 1. The van der Waals surface area contributed by atoms with Crippen LogP contribution >= 0.6 is 0 Å². The molecule has 3 nitrogen and oxygen atoms in total. The lowest BCUT2D eigenvalue weighted by Gasteiger charge is -2.36. The van der Waals surface area contributed by atoms with Crippen molar-refractivity contribution in [2.24, 2.45) is 0 Å². The van der Waals surface area contributed by atoms with Gasteiger partial charge in [-0.3, -0.25) is 9.80 Å². The second-order valence-electron chi connectivity index (χ2n) is 6.29. The molecule has 0 bridgehead atoms. The molecule has 3 heteroatoms. The van der Waals surface area contributed by atoms with E-state index in [-0.39, 0.29) is 0 Å². The predicted molar refractivity (Wildman–Crippen MR) is 71.2 cm³/mol. The standard InChI is InChI=1S/C14H27N3/c1-11-8-14(10-17(11)13-5-6-13)16-7-3-4-12(9-16)15-2/h11-15H,3-10H2,1-2H3. The zero-order valence-electron chi connectivity index (χ0n) is 11.4. The molecule has 1 N–H and O–H groups in total. The van der Waals surface area contributed by atoms with Gasteiger partial charge >= 0.3 is 0 Å². The van der Waals surface area contributed by atoms with Gasteiger partial charge in [0, 0.05) is 37.3 Å². The Balaban J connectivity index is 1.57. The highest BCUT2D eigenvalue weighted by Gasteiger charge is 2.41. The van der Waals surface area contributed by atoms with Crippen molar-refractivity contribution in [2.45, 2.75) is 63.2 Å². The van der Waals surface area contributed by atoms with Crippen molar-refractivity contribution < 1.29 is 0 Å². The molecule has 3 rings (SSSR count). The summed E-state index contributed by atoms with van der Waals surface area (Å²) < 4.78 is 0. The highest BCUT2D eigenvalue weighted by molar-refractivity contribution is 4.97. The maximum absolute atomic E-state index is 3.46. The molecule has 2 saturated heterocycles. The average molecular weight is 237 g/mol. The van der Waals surface area contributed by atoms with E-state index in [0.29, 0.717) is 0 Å². The Bertz CT molecular complexity index is 264. The molecule has 2 aliphatic heterocycles. The first-order valence-corrected chi connectivity index (χ1v) is 7.45. The van der Waals surface area contributed by atoms with Crippen LogP contribution in [0, 0.1) is 0 Å². The number of nitrogens with zero attached hydrogens (tertiary/aromatic N) is 2. The Kier molecular flexibility index (Phi) is 3.42. The van der Waals surface area contributed by atoms with Gasteiger partial charge in [0.15, 0.2) is 0 Å². The molecule has 0 amide bonds. The van der Waals surface area contributed by atoms with Crippen LogP contribution in [0.1, 0.15) is 39.0 Å². The van der Waals surface area contributed by atoms with Crippen LogP contribution < -0.4 is 5.32 Å². The van der Waals surface area contributed by atoms with Gasteiger partial charge in [0.25, 0.3) is 0 Å².